The predicted octanol–water partition coefficient (Wildman–Crippen LogP) is 3.04. The summed E-state index contributed by atoms with van der Waals surface area (Å²) in [6.45, 7) is 5.13. The molecule has 0 aromatic carbocycles. The fraction of sp³-hybridized carbons (Fsp3) is 0.368. The van der Waals surface area contributed by atoms with Crippen LogP contribution in [0.4, 0.5) is 0 Å². The first-order chi connectivity index (χ1) is 12.1. The van der Waals surface area contributed by atoms with Crippen LogP contribution in [-0.2, 0) is 12.8 Å². The van der Waals surface area contributed by atoms with Gasteiger partial charge in [0.05, 0.1) is 5.69 Å². The third-order valence-electron chi connectivity index (χ3n) is 4.00. The van der Waals surface area contributed by atoms with Crippen molar-refractivity contribution in [2.24, 2.45) is 4.99 Å². The number of aliphatic imine (C=N–C) groups is 1. The van der Waals surface area contributed by atoms with Gasteiger partial charge >= 0.3 is 0 Å². The number of nitrogens with zero attached hydrogens (tertiary/aromatic N) is 3. The Morgan fingerprint density at radius 1 is 1.32 bits per heavy atom. The van der Waals surface area contributed by atoms with Crippen molar-refractivity contribution in [3.63, 3.8) is 0 Å². The number of nitrogens with one attached hydrogen (secondary N) is 2. The van der Waals surface area contributed by atoms with Crippen molar-refractivity contribution >= 4 is 22.9 Å². The number of fused-ring (bicyclic) bond motifs is 1. The van der Waals surface area contributed by atoms with E-state index in [0.717, 1.165) is 36.7 Å². The molecule has 3 aromatic rings. The van der Waals surface area contributed by atoms with Gasteiger partial charge in [0, 0.05) is 54.6 Å². The van der Waals surface area contributed by atoms with Crippen molar-refractivity contribution in [2.75, 3.05) is 13.6 Å². The fourth-order valence-corrected chi connectivity index (χ4v) is 3.81. The molecule has 0 saturated carbocycles. The summed E-state index contributed by atoms with van der Waals surface area (Å²) in [5.74, 6) is 0.838. The molecular formula is C19H25N5S. The number of guanidine groups is 1. The zero-order valence-electron chi connectivity index (χ0n) is 15.0. The van der Waals surface area contributed by atoms with Crippen LogP contribution in [0.25, 0.3) is 5.65 Å². The van der Waals surface area contributed by atoms with E-state index in [4.69, 9.17) is 0 Å². The van der Waals surface area contributed by atoms with Crippen LogP contribution >= 0.6 is 11.3 Å². The lowest BCUT2D eigenvalue weighted by atomic mass is 10.2. The van der Waals surface area contributed by atoms with E-state index in [2.05, 4.69) is 52.8 Å². The first kappa shape index (κ1) is 17.5. The largest absolute Gasteiger partial charge is 0.356 e. The van der Waals surface area contributed by atoms with E-state index in [-0.39, 0.29) is 0 Å². The predicted molar refractivity (Wildman–Crippen MR) is 106 cm³/mol. The van der Waals surface area contributed by atoms with Gasteiger partial charge in [-0.2, -0.15) is 0 Å². The number of thiophene rings is 1. The molecule has 1 unspecified atom stereocenters. The fourth-order valence-electron chi connectivity index (χ4n) is 2.79. The van der Waals surface area contributed by atoms with Gasteiger partial charge in [0.15, 0.2) is 5.96 Å². The highest BCUT2D eigenvalue weighted by Gasteiger charge is 2.08. The molecule has 6 heteroatoms. The van der Waals surface area contributed by atoms with Crippen molar-refractivity contribution in [1.82, 2.24) is 20.0 Å². The van der Waals surface area contributed by atoms with Crippen molar-refractivity contribution < 1.29 is 0 Å². The minimum absolute atomic E-state index is 0.333. The summed E-state index contributed by atoms with van der Waals surface area (Å²) in [7, 11) is 1.81. The Balaban J connectivity index is 1.47. The number of hydrogen-bond acceptors (Lipinski definition) is 3. The average Bonchev–Trinajstić information content (AvgIpc) is 3.19. The molecular weight excluding hydrogens is 330 g/mol. The van der Waals surface area contributed by atoms with Gasteiger partial charge in [-0.05, 0) is 38.1 Å². The van der Waals surface area contributed by atoms with Gasteiger partial charge in [-0.25, -0.2) is 4.98 Å². The number of pyridine rings is 1. The Morgan fingerprint density at radius 3 is 2.92 bits per heavy atom. The van der Waals surface area contributed by atoms with Gasteiger partial charge in [0.1, 0.15) is 5.65 Å². The van der Waals surface area contributed by atoms with Crippen LogP contribution in [0.2, 0.25) is 0 Å². The van der Waals surface area contributed by atoms with Crippen LogP contribution in [0.3, 0.4) is 0 Å². The minimum Gasteiger partial charge on any atom is -0.356 e. The lowest BCUT2D eigenvalue weighted by Crippen LogP contribution is -2.43. The summed E-state index contributed by atoms with van der Waals surface area (Å²) in [6.07, 6.45) is 5.97. The molecule has 0 spiro atoms. The Morgan fingerprint density at radius 2 is 2.20 bits per heavy atom. The SMILES string of the molecule is CN=C(NCCc1cn2ccccc2n1)NC(C)Cc1ccc(C)s1. The normalized spacial score (nSPS) is 13.2. The van der Waals surface area contributed by atoms with Gasteiger partial charge in [0.2, 0.25) is 0 Å². The Kier molecular flexibility index (Phi) is 5.71. The van der Waals surface area contributed by atoms with E-state index >= 15 is 0 Å². The average molecular weight is 356 g/mol. The number of aryl methyl sites for hydroxylation is 1. The van der Waals surface area contributed by atoms with Gasteiger partial charge in [0.25, 0.3) is 0 Å². The molecule has 0 fully saturated rings. The molecule has 0 saturated heterocycles. The summed E-state index contributed by atoms with van der Waals surface area (Å²) in [4.78, 5) is 11.7. The third-order valence-corrected chi connectivity index (χ3v) is 5.02. The van der Waals surface area contributed by atoms with E-state index in [0.29, 0.717) is 6.04 Å². The standard InChI is InChI=1S/C19H25N5S/c1-14(12-17-8-7-15(2)25-17)22-19(20-3)21-10-9-16-13-24-11-5-4-6-18(24)23-16/h4-8,11,13-14H,9-10,12H2,1-3H3,(H2,20,21,22). The van der Waals surface area contributed by atoms with Crippen LogP contribution in [0.1, 0.15) is 22.4 Å². The molecule has 0 radical (unpaired) electrons. The Labute approximate surface area is 152 Å². The molecule has 0 aliphatic rings. The monoisotopic (exact) mass is 355 g/mol. The van der Waals surface area contributed by atoms with Crippen LogP contribution in [-0.4, -0.2) is 35.0 Å². The minimum atomic E-state index is 0.333. The Bertz CT molecular complexity index is 815. The number of hydrogen-bond donors (Lipinski definition) is 2. The smallest absolute Gasteiger partial charge is 0.191 e. The molecule has 5 nitrogen and oxygen atoms in total. The van der Waals surface area contributed by atoms with Crippen molar-refractivity contribution in [3.05, 3.63) is 58.2 Å². The summed E-state index contributed by atoms with van der Waals surface area (Å²) in [6, 6.07) is 10.8. The Hall–Kier alpha value is -2.34. The number of imidazole rings is 1. The summed E-state index contributed by atoms with van der Waals surface area (Å²) in [5, 5.41) is 6.83. The van der Waals surface area contributed by atoms with E-state index in [1.807, 2.05) is 47.2 Å². The van der Waals surface area contributed by atoms with Gasteiger partial charge < -0.3 is 15.0 Å². The van der Waals surface area contributed by atoms with Crippen LogP contribution in [0, 0.1) is 6.92 Å². The van der Waals surface area contributed by atoms with Gasteiger partial charge in [-0.3, -0.25) is 4.99 Å². The maximum absolute atomic E-state index is 4.62. The maximum atomic E-state index is 4.62. The molecule has 3 rings (SSSR count). The topological polar surface area (TPSA) is 53.7 Å². The zero-order valence-corrected chi connectivity index (χ0v) is 15.8. The van der Waals surface area contributed by atoms with Crippen molar-refractivity contribution in [1.29, 1.82) is 0 Å². The summed E-state index contributed by atoms with van der Waals surface area (Å²) < 4.78 is 2.05. The lowest BCUT2D eigenvalue weighted by molar-refractivity contribution is 0.644. The molecule has 132 valence electrons. The molecule has 0 aliphatic carbocycles. The third kappa shape index (κ3) is 4.82. The van der Waals surface area contributed by atoms with Crippen LogP contribution in [0.15, 0.2) is 47.7 Å². The van der Waals surface area contributed by atoms with Crippen molar-refractivity contribution in [3.8, 4) is 0 Å². The second-order valence-corrected chi connectivity index (χ2v) is 7.58. The highest BCUT2D eigenvalue weighted by Crippen LogP contribution is 2.16. The van der Waals surface area contributed by atoms with Crippen molar-refractivity contribution in [2.45, 2.75) is 32.7 Å². The molecule has 0 bridgehead atoms. The summed E-state index contributed by atoms with van der Waals surface area (Å²) in [5.41, 5.74) is 2.07. The van der Waals surface area contributed by atoms with E-state index in [9.17, 15) is 0 Å². The second kappa shape index (κ2) is 8.16. The molecule has 1 atom stereocenters. The molecule has 0 amide bonds. The number of aromatic nitrogens is 2. The lowest BCUT2D eigenvalue weighted by Gasteiger charge is -2.17. The molecule has 3 aromatic heterocycles. The number of rotatable bonds is 6. The highest BCUT2D eigenvalue weighted by atomic mass is 32.1. The molecule has 25 heavy (non-hydrogen) atoms. The molecule has 0 aliphatic heterocycles. The molecule has 2 N–H and O–H groups in total. The van der Waals surface area contributed by atoms with Gasteiger partial charge in [-0.15, -0.1) is 11.3 Å². The maximum Gasteiger partial charge on any atom is 0.191 e. The van der Waals surface area contributed by atoms with E-state index in [1.165, 1.54) is 9.75 Å². The molecule has 3 heterocycles. The first-order valence-electron chi connectivity index (χ1n) is 8.59. The van der Waals surface area contributed by atoms with Crippen LogP contribution in [0.5, 0.6) is 0 Å². The summed E-state index contributed by atoms with van der Waals surface area (Å²) >= 11 is 1.86. The van der Waals surface area contributed by atoms with E-state index in [1.54, 1.807) is 0 Å². The second-order valence-electron chi connectivity index (χ2n) is 6.21. The van der Waals surface area contributed by atoms with Crippen LogP contribution < -0.4 is 10.6 Å². The quantitative estimate of drug-likeness (QED) is 0.528. The van der Waals surface area contributed by atoms with Gasteiger partial charge in [-0.1, -0.05) is 6.07 Å². The zero-order chi connectivity index (χ0) is 17.6. The first-order valence-corrected chi connectivity index (χ1v) is 9.41. The highest BCUT2D eigenvalue weighted by molar-refractivity contribution is 7.11. The van der Waals surface area contributed by atoms with E-state index < -0.39 is 0 Å².